The van der Waals surface area contributed by atoms with Crippen LogP contribution in [0, 0.1) is 0 Å². The molecule has 0 spiro atoms. The quantitative estimate of drug-likeness (QED) is 0.471. The zero-order chi connectivity index (χ0) is 18.6. The molecule has 0 unspecified atom stereocenters. The molecule has 1 rings (SSSR count). The summed E-state index contributed by atoms with van der Waals surface area (Å²) in [6, 6.07) is 0. The van der Waals surface area contributed by atoms with Gasteiger partial charge < -0.3 is 19.0 Å². The van der Waals surface area contributed by atoms with Crippen LogP contribution < -0.4 is 0 Å². The predicted octanol–water partition coefficient (Wildman–Crippen LogP) is 4.86. The van der Waals surface area contributed by atoms with Gasteiger partial charge in [0.1, 0.15) is 6.10 Å². The van der Waals surface area contributed by atoms with E-state index in [1.165, 1.54) is 12.8 Å². The van der Waals surface area contributed by atoms with Crippen LogP contribution in [0.2, 0.25) is 18.1 Å². The Morgan fingerprint density at radius 3 is 2.21 bits per heavy atom. The summed E-state index contributed by atoms with van der Waals surface area (Å²) in [5.41, 5.74) is 0. The van der Waals surface area contributed by atoms with Gasteiger partial charge >= 0.3 is 0 Å². The van der Waals surface area contributed by atoms with Gasteiger partial charge in [0, 0.05) is 6.10 Å². The van der Waals surface area contributed by atoms with E-state index in [0.717, 1.165) is 19.3 Å². The maximum Gasteiger partial charge on any atom is 0.192 e. The molecular weight excluding hydrogens is 320 g/mol. The average Bonchev–Trinajstić information content (AvgIpc) is 2.71. The first kappa shape index (κ1) is 22.1. The first-order valence-corrected chi connectivity index (χ1v) is 12.4. The molecule has 0 aliphatic carbocycles. The lowest BCUT2D eigenvalue weighted by atomic mass is 10.0. The third kappa shape index (κ3) is 6.75. The summed E-state index contributed by atoms with van der Waals surface area (Å²) in [4.78, 5) is 0. The van der Waals surface area contributed by atoms with Crippen molar-refractivity contribution in [2.24, 2.45) is 0 Å². The van der Waals surface area contributed by atoms with Crippen LogP contribution in [-0.4, -0.2) is 44.1 Å². The Morgan fingerprint density at radius 2 is 1.67 bits per heavy atom. The SMILES string of the molecule is C[C@H](CCCCC[C@H]1OC(C)(C)O[C@@H]1CO)O[Si](C)(C)C(C)(C)C. The number of hydrogen-bond acceptors (Lipinski definition) is 4. The maximum absolute atomic E-state index is 9.40. The Labute approximate surface area is 150 Å². The summed E-state index contributed by atoms with van der Waals surface area (Å²) >= 11 is 0. The third-order valence-electron chi connectivity index (χ3n) is 5.37. The molecule has 0 radical (unpaired) electrons. The van der Waals surface area contributed by atoms with Crippen LogP contribution in [0.15, 0.2) is 0 Å². The van der Waals surface area contributed by atoms with Crippen LogP contribution in [0.1, 0.15) is 73.6 Å². The van der Waals surface area contributed by atoms with E-state index < -0.39 is 14.1 Å². The molecule has 3 atom stereocenters. The van der Waals surface area contributed by atoms with Gasteiger partial charge in [-0.15, -0.1) is 0 Å². The molecule has 1 aliphatic rings. The monoisotopic (exact) mass is 360 g/mol. The fourth-order valence-corrected chi connectivity index (χ4v) is 4.48. The molecule has 1 heterocycles. The van der Waals surface area contributed by atoms with Crippen molar-refractivity contribution in [2.45, 2.75) is 116 Å². The number of ether oxygens (including phenoxy) is 2. The van der Waals surface area contributed by atoms with Gasteiger partial charge in [0.2, 0.25) is 0 Å². The lowest BCUT2D eigenvalue weighted by Gasteiger charge is -2.38. The molecule has 0 aromatic rings. The highest BCUT2D eigenvalue weighted by atomic mass is 28.4. The van der Waals surface area contributed by atoms with Crippen LogP contribution in [0.4, 0.5) is 0 Å². The largest absolute Gasteiger partial charge is 0.414 e. The van der Waals surface area contributed by atoms with E-state index in [1.54, 1.807) is 0 Å². The minimum absolute atomic E-state index is 0.0194. The number of rotatable bonds is 9. The normalized spacial score (nSPS) is 25.9. The molecule has 0 amide bonds. The van der Waals surface area contributed by atoms with Crippen LogP contribution >= 0.6 is 0 Å². The fraction of sp³-hybridized carbons (Fsp3) is 1.00. The predicted molar refractivity (Wildman–Crippen MR) is 102 cm³/mol. The van der Waals surface area contributed by atoms with Crippen molar-refractivity contribution in [3.05, 3.63) is 0 Å². The van der Waals surface area contributed by atoms with Gasteiger partial charge in [0.05, 0.1) is 12.7 Å². The Balaban J connectivity index is 2.22. The topological polar surface area (TPSA) is 47.9 Å². The van der Waals surface area contributed by atoms with Gasteiger partial charge in [-0.2, -0.15) is 0 Å². The van der Waals surface area contributed by atoms with Gasteiger partial charge in [-0.05, 0) is 51.7 Å². The second-order valence-corrected chi connectivity index (χ2v) is 14.0. The Kier molecular flexibility index (Phi) is 7.94. The molecular formula is C19H40O4Si. The van der Waals surface area contributed by atoms with E-state index in [4.69, 9.17) is 13.9 Å². The molecule has 144 valence electrons. The molecule has 0 bridgehead atoms. The van der Waals surface area contributed by atoms with Gasteiger partial charge in [-0.1, -0.05) is 40.0 Å². The zero-order valence-electron chi connectivity index (χ0n) is 17.1. The molecule has 1 saturated heterocycles. The van der Waals surface area contributed by atoms with Gasteiger partial charge in [0.15, 0.2) is 14.1 Å². The first-order chi connectivity index (χ1) is 10.9. The number of hydrogen-bond donors (Lipinski definition) is 1. The Hall–Kier alpha value is 0.0569. The molecule has 0 aromatic carbocycles. The van der Waals surface area contributed by atoms with Crippen molar-refractivity contribution in [3.8, 4) is 0 Å². The van der Waals surface area contributed by atoms with Crippen LogP contribution in [-0.2, 0) is 13.9 Å². The van der Waals surface area contributed by atoms with Crippen molar-refractivity contribution in [1.82, 2.24) is 0 Å². The summed E-state index contributed by atoms with van der Waals surface area (Å²) < 4.78 is 18.0. The smallest absolute Gasteiger partial charge is 0.192 e. The molecule has 1 aliphatic heterocycles. The number of aliphatic hydroxyl groups is 1. The minimum Gasteiger partial charge on any atom is -0.414 e. The van der Waals surface area contributed by atoms with Crippen LogP contribution in [0.25, 0.3) is 0 Å². The second kappa shape index (κ2) is 8.63. The lowest BCUT2D eigenvalue weighted by Crippen LogP contribution is -2.43. The van der Waals surface area contributed by atoms with Crippen molar-refractivity contribution in [1.29, 1.82) is 0 Å². The minimum atomic E-state index is -1.65. The van der Waals surface area contributed by atoms with E-state index >= 15 is 0 Å². The molecule has 24 heavy (non-hydrogen) atoms. The highest BCUT2D eigenvalue weighted by molar-refractivity contribution is 6.74. The molecule has 0 aromatic heterocycles. The van der Waals surface area contributed by atoms with Crippen LogP contribution in [0.3, 0.4) is 0 Å². The molecule has 1 N–H and O–H groups in total. The first-order valence-electron chi connectivity index (χ1n) is 9.52. The summed E-state index contributed by atoms with van der Waals surface area (Å²) in [5, 5.41) is 9.67. The summed E-state index contributed by atoms with van der Waals surface area (Å²) in [6.45, 7) is 17.6. The summed E-state index contributed by atoms with van der Waals surface area (Å²) in [6.07, 6.45) is 5.69. The highest BCUT2D eigenvalue weighted by Gasteiger charge is 2.40. The van der Waals surface area contributed by atoms with Gasteiger partial charge in [-0.25, -0.2) is 0 Å². The Morgan fingerprint density at radius 1 is 1.08 bits per heavy atom. The van der Waals surface area contributed by atoms with E-state index in [1.807, 2.05) is 13.8 Å². The van der Waals surface area contributed by atoms with E-state index in [0.29, 0.717) is 6.10 Å². The molecule has 0 saturated carbocycles. The van der Waals surface area contributed by atoms with Crippen molar-refractivity contribution < 1.29 is 19.0 Å². The summed E-state index contributed by atoms with van der Waals surface area (Å²) in [5.74, 6) is -0.566. The van der Waals surface area contributed by atoms with E-state index in [-0.39, 0.29) is 23.9 Å². The van der Waals surface area contributed by atoms with Crippen molar-refractivity contribution in [3.63, 3.8) is 0 Å². The lowest BCUT2D eigenvalue weighted by molar-refractivity contribution is -0.149. The zero-order valence-corrected chi connectivity index (χ0v) is 18.1. The Bertz CT molecular complexity index is 376. The van der Waals surface area contributed by atoms with E-state index in [2.05, 4.69) is 40.8 Å². The highest BCUT2D eigenvalue weighted by Crippen LogP contribution is 2.37. The molecule has 5 heteroatoms. The van der Waals surface area contributed by atoms with Gasteiger partial charge in [-0.3, -0.25) is 0 Å². The third-order valence-corrected chi connectivity index (χ3v) is 9.97. The summed E-state index contributed by atoms with van der Waals surface area (Å²) in [7, 11) is -1.65. The molecule has 1 fully saturated rings. The van der Waals surface area contributed by atoms with Crippen LogP contribution in [0.5, 0.6) is 0 Å². The average molecular weight is 361 g/mol. The standard InChI is InChI=1S/C19H40O4Si/c1-15(23-24(7,8)18(2,3)4)12-10-9-11-13-16-17(14-20)22-19(5,6)21-16/h15-17,20H,9-14H2,1-8H3/t15-,16-,17-/m1/s1. The fourth-order valence-electron chi connectivity index (χ4n) is 3.00. The number of unbranched alkanes of at least 4 members (excludes halogenated alkanes) is 2. The maximum atomic E-state index is 9.40. The van der Waals surface area contributed by atoms with Crippen molar-refractivity contribution >= 4 is 8.32 Å². The number of aliphatic hydroxyl groups excluding tert-OH is 1. The van der Waals surface area contributed by atoms with Crippen molar-refractivity contribution in [2.75, 3.05) is 6.61 Å². The second-order valence-electron chi connectivity index (χ2n) is 9.22. The van der Waals surface area contributed by atoms with Gasteiger partial charge in [0.25, 0.3) is 0 Å². The van der Waals surface area contributed by atoms with E-state index in [9.17, 15) is 5.11 Å². The molecule has 4 nitrogen and oxygen atoms in total.